The van der Waals surface area contributed by atoms with Crippen LogP contribution in [0.15, 0.2) is 0 Å². The molecule has 92 valence electrons. The molecule has 0 radical (unpaired) electrons. The summed E-state index contributed by atoms with van der Waals surface area (Å²) >= 11 is 0. The van der Waals surface area contributed by atoms with Crippen molar-refractivity contribution in [2.24, 2.45) is 11.8 Å². The summed E-state index contributed by atoms with van der Waals surface area (Å²) in [4.78, 5) is 0. The Hall–Kier alpha value is 0. The molecule has 0 fully saturated rings. The van der Waals surface area contributed by atoms with E-state index in [9.17, 15) is 0 Å². The van der Waals surface area contributed by atoms with Crippen LogP contribution in [0, 0.1) is 11.8 Å². The highest BCUT2D eigenvalue weighted by Crippen LogP contribution is 2.24. The zero-order valence-electron chi connectivity index (χ0n) is 11.5. The Morgan fingerprint density at radius 1 is 0.733 bits per heavy atom. The molecule has 0 saturated carbocycles. The van der Waals surface area contributed by atoms with E-state index in [2.05, 4.69) is 27.7 Å². The van der Waals surface area contributed by atoms with Gasteiger partial charge in [-0.3, -0.25) is 0 Å². The van der Waals surface area contributed by atoms with Crippen LogP contribution in [-0.4, -0.2) is 0 Å². The minimum Gasteiger partial charge on any atom is -0.0654 e. The van der Waals surface area contributed by atoms with Crippen LogP contribution in [0.4, 0.5) is 0 Å². The molecule has 0 aromatic rings. The summed E-state index contributed by atoms with van der Waals surface area (Å²) < 4.78 is 0. The second kappa shape index (κ2) is 10.5. The van der Waals surface area contributed by atoms with Crippen LogP contribution in [0.2, 0.25) is 0 Å². The lowest BCUT2D eigenvalue weighted by Gasteiger charge is -2.18. The standard InChI is InChI=1S/C15H32/c1-5-7-9-11-15(13-14(3)4)12-10-8-6-2/h14-15H,5-13H2,1-4H3. The van der Waals surface area contributed by atoms with Crippen molar-refractivity contribution in [2.75, 3.05) is 0 Å². The third kappa shape index (κ3) is 10.3. The summed E-state index contributed by atoms with van der Waals surface area (Å²) in [5.74, 6) is 1.90. The van der Waals surface area contributed by atoms with Gasteiger partial charge < -0.3 is 0 Å². The molecule has 0 spiro atoms. The molecular formula is C15H32. The van der Waals surface area contributed by atoms with Crippen molar-refractivity contribution < 1.29 is 0 Å². The van der Waals surface area contributed by atoms with Crippen LogP contribution in [0.25, 0.3) is 0 Å². The summed E-state index contributed by atoms with van der Waals surface area (Å²) in [6.45, 7) is 9.34. The van der Waals surface area contributed by atoms with Gasteiger partial charge in [0.1, 0.15) is 0 Å². The largest absolute Gasteiger partial charge is 0.0654 e. The number of unbranched alkanes of at least 4 members (excludes halogenated alkanes) is 4. The quantitative estimate of drug-likeness (QED) is 0.401. The minimum atomic E-state index is 0.887. The zero-order valence-corrected chi connectivity index (χ0v) is 11.5. The van der Waals surface area contributed by atoms with E-state index in [1.54, 1.807) is 0 Å². The van der Waals surface area contributed by atoms with Crippen LogP contribution in [0.1, 0.15) is 85.5 Å². The number of rotatable bonds is 10. The molecule has 0 heteroatoms. The van der Waals surface area contributed by atoms with E-state index in [1.807, 2.05) is 0 Å². The highest BCUT2D eigenvalue weighted by molar-refractivity contribution is 4.62. The predicted molar refractivity (Wildman–Crippen MR) is 71.2 cm³/mol. The number of hydrogen-bond donors (Lipinski definition) is 0. The van der Waals surface area contributed by atoms with Crippen molar-refractivity contribution in [1.29, 1.82) is 0 Å². The van der Waals surface area contributed by atoms with Gasteiger partial charge in [-0.05, 0) is 18.3 Å². The first kappa shape index (κ1) is 15.0. The lowest BCUT2D eigenvalue weighted by atomic mass is 9.88. The van der Waals surface area contributed by atoms with Gasteiger partial charge in [0, 0.05) is 0 Å². The fourth-order valence-corrected chi connectivity index (χ4v) is 2.41. The zero-order chi connectivity index (χ0) is 11.5. The topological polar surface area (TPSA) is 0 Å². The van der Waals surface area contributed by atoms with Crippen molar-refractivity contribution in [3.63, 3.8) is 0 Å². The molecule has 0 saturated heterocycles. The first-order valence-electron chi connectivity index (χ1n) is 7.20. The first-order chi connectivity index (χ1) is 7.20. The Labute approximate surface area is 97.8 Å². The van der Waals surface area contributed by atoms with Gasteiger partial charge in [0.05, 0.1) is 0 Å². The van der Waals surface area contributed by atoms with Crippen molar-refractivity contribution >= 4 is 0 Å². The molecule has 0 rings (SSSR count). The molecule has 0 heterocycles. The molecule has 0 N–H and O–H groups in total. The molecule has 0 aromatic heterocycles. The average Bonchev–Trinajstić information content (AvgIpc) is 2.17. The third-order valence-electron chi connectivity index (χ3n) is 3.24. The van der Waals surface area contributed by atoms with Gasteiger partial charge in [-0.1, -0.05) is 79.1 Å². The van der Waals surface area contributed by atoms with Gasteiger partial charge in [0.15, 0.2) is 0 Å². The molecule has 0 aliphatic carbocycles. The van der Waals surface area contributed by atoms with E-state index in [0.29, 0.717) is 0 Å². The van der Waals surface area contributed by atoms with E-state index in [4.69, 9.17) is 0 Å². The monoisotopic (exact) mass is 212 g/mol. The highest BCUT2D eigenvalue weighted by atomic mass is 14.2. The Morgan fingerprint density at radius 2 is 1.20 bits per heavy atom. The van der Waals surface area contributed by atoms with E-state index in [-0.39, 0.29) is 0 Å². The van der Waals surface area contributed by atoms with Crippen molar-refractivity contribution in [3.05, 3.63) is 0 Å². The van der Waals surface area contributed by atoms with E-state index in [1.165, 1.54) is 57.8 Å². The Bertz CT molecular complexity index is 105. The summed E-state index contributed by atoms with van der Waals surface area (Å²) in [5.41, 5.74) is 0. The molecule has 0 nitrogen and oxygen atoms in total. The highest BCUT2D eigenvalue weighted by Gasteiger charge is 2.10. The lowest BCUT2D eigenvalue weighted by molar-refractivity contribution is 0.342. The Morgan fingerprint density at radius 3 is 1.53 bits per heavy atom. The van der Waals surface area contributed by atoms with Gasteiger partial charge in [0.2, 0.25) is 0 Å². The van der Waals surface area contributed by atoms with Gasteiger partial charge in [0.25, 0.3) is 0 Å². The van der Waals surface area contributed by atoms with Crippen LogP contribution < -0.4 is 0 Å². The molecule has 0 atom stereocenters. The average molecular weight is 212 g/mol. The third-order valence-corrected chi connectivity index (χ3v) is 3.24. The normalized spacial score (nSPS) is 11.6. The van der Waals surface area contributed by atoms with Gasteiger partial charge in [-0.15, -0.1) is 0 Å². The molecule has 0 bridgehead atoms. The lowest BCUT2D eigenvalue weighted by Crippen LogP contribution is -2.05. The summed E-state index contributed by atoms with van der Waals surface area (Å²) in [7, 11) is 0. The van der Waals surface area contributed by atoms with Gasteiger partial charge >= 0.3 is 0 Å². The molecule has 0 unspecified atom stereocenters. The van der Waals surface area contributed by atoms with Crippen LogP contribution in [0.3, 0.4) is 0 Å². The first-order valence-corrected chi connectivity index (χ1v) is 7.20. The molecule has 15 heavy (non-hydrogen) atoms. The maximum absolute atomic E-state index is 2.37. The Kier molecular flexibility index (Phi) is 10.5. The minimum absolute atomic E-state index is 0.887. The van der Waals surface area contributed by atoms with E-state index < -0.39 is 0 Å². The SMILES string of the molecule is CCCCCC(CCCCC)CC(C)C. The smallest absolute Gasteiger partial charge is 0.0412 e. The summed E-state index contributed by atoms with van der Waals surface area (Å²) in [5, 5.41) is 0. The summed E-state index contributed by atoms with van der Waals surface area (Å²) in [6.07, 6.45) is 12.9. The van der Waals surface area contributed by atoms with Crippen LogP contribution >= 0.6 is 0 Å². The second-order valence-electron chi connectivity index (χ2n) is 5.49. The maximum atomic E-state index is 2.37. The molecule has 0 aliphatic heterocycles. The van der Waals surface area contributed by atoms with Gasteiger partial charge in [-0.2, -0.15) is 0 Å². The van der Waals surface area contributed by atoms with Gasteiger partial charge in [-0.25, -0.2) is 0 Å². The molecule has 0 aromatic carbocycles. The van der Waals surface area contributed by atoms with Crippen molar-refractivity contribution in [1.82, 2.24) is 0 Å². The predicted octanol–water partition coefficient (Wildman–Crippen LogP) is 5.81. The Balaban J connectivity index is 3.63. The van der Waals surface area contributed by atoms with E-state index >= 15 is 0 Å². The van der Waals surface area contributed by atoms with Crippen LogP contribution in [-0.2, 0) is 0 Å². The van der Waals surface area contributed by atoms with Crippen molar-refractivity contribution in [2.45, 2.75) is 85.5 Å². The molecular weight excluding hydrogens is 180 g/mol. The molecule has 0 amide bonds. The number of hydrogen-bond acceptors (Lipinski definition) is 0. The van der Waals surface area contributed by atoms with Crippen LogP contribution in [0.5, 0.6) is 0 Å². The van der Waals surface area contributed by atoms with E-state index in [0.717, 1.165) is 11.8 Å². The molecule has 0 aliphatic rings. The fourth-order valence-electron chi connectivity index (χ4n) is 2.41. The maximum Gasteiger partial charge on any atom is -0.0412 e. The summed E-state index contributed by atoms with van der Waals surface area (Å²) in [6, 6.07) is 0. The van der Waals surface area contributed by atoms with Crippen molar-refractivity contribution in [3.8, 4) is 0 Å². The fraction of sp³-hybridized carbons (Fsp3) is 1.00. The second-order valence-corrected chi connectivity index (χ2v) is 5.49.